The van der Waals surface area contributed by atoms with E-state index >= 15 is 0 Å². The first-order valence-corrected chi connectivity index (χ1v) is 8.24. The molecule has 0 radical (unpaired) electrons. The lowest BCUT2D eigenvalue weighted by atomic mass is 9.79. The molecule has 0 aliphatic carbocycles. The number of nitrogens with one attached hydrogen (secondary N) is 1. The van der Waals surface area contributed by atoms with Gasteiger partial charge in [0.2, 0.25) is 11.8 Å². The summed E-state index contributed by atoms with van der Waals surface area (Å²) in [6.07, 6.45) is 1.13. The highest BCUT2D eigenvalue weighted by Crippen LogP contribution is 2.29. The first-order valence-electron chi connectivity index (χ1n) is 8.24. The van der Waals surface area contributed by atoms with Gasteiger partial charge in [-0.15, -0.1) is 0 Å². The van der Waals surface area contributed by atoms with Crippen LogP contribution in [0, 0.1) is 5.41 Å². The van der Waals surface area contributed by atoms with Gasteiger partial charge in [0.05, 0.1) is 0 Å². The molecule has 1 aliphatic rings. The van der Waals surface area contributed by atoms with E-state index in [2.05, 4.69) is 19.2 Å². The van der Waals surface area contributed by atoms with Crippen LogP contribution in [0.4, 0.5) is 0 Å². The molecule has 2 atom stereocenters. The molecule has 1 aliphatic heterocycles. The molecular weight excluding hydrogens is 290 g/mol. The summed E-state index contributed by atoms with van der Waals surface area (Å²) in [5, 5.41) is 2.86. The smallest absolute Gasteiger partial charge is 0.249 e. The van der Waals surface area contributed by atoms with Crippen molar-refractivity contribution >= 4 is 11.8 Å². The van der Waals surface area contributed by atoms with Crippen LogP contribution in [0.5, 0.6) is 0 Å². The third kappa shape index (κ3) is 4.10. The third-order valence-electron chi connectivity index (χ3n) is 4.63. The average molecular weight is 317 g/mol. The molecule has 1 aromatic carbocycles. The molecule has 5 nitrogen and oxygen atoms in total. The van der Waals surface area contributed by atoms with Crippen LogP contribution in [0.2, 0.25) is 0 Å². The third-order valence-corrected chi connectivity index (χ3v) is 4.63. The highest BCUT2D eigenvalue weighted by molar-refractivity contribution is 5.88. The van der Waals surface area contributed by atoms with Crippen LogP contribution in [0.25, 0.3) is 0 Å². The van der Waals surface area contributed by atoms with E-state index in [1.54, 1.807) is 6.92 Å². The number of carbonyl (C=O) groups is 2. The Morgan fingerprint density at radius 3 is 2.57 bits per heavy atom. The molecule has 0 saturated carbocycles. The maximum absolute atomic E-state index is 13.0. The fraction of sp³-hybridized carbons (Fsp3) is 0.556. The second-order valence-corrected chi connectivity index (χ2v) is 6.91. The number of rotatable bonds is 4. The van der Waals surface area contributed by atoms with E-state index in [9.17, 15) is 9.59 Å². The number of hydrogen-bond acceptors (Lipinski definition) is 3. The molecule has 0 spiro atoms. The van der Waals surface area contributed by atoms with Gasteiger partial charge in [0.25, 0.3) is 0 Å². The number of benzene rings is 1. The van der Waals surface area contributed by atoms with E-state index in [0.29, 0.717) is 19.5 Å². The monoisotopic (exact) mass is 317 g/mol. The summed E-state index contributed by atoms with van der Waals surface area (Å²) >= 11 is 0. The molecule has 0 bridgehead atoms. The second kappa shape index (κ2) is 7.13. The second-order valence-electron chi connectivity index (χ2n) is 6.91. The molecule has 126 valence electrons. The molecule has 5 heteroatoms. The summed E-state index contributed by atoms with van der Waals surface area (Å²) in [7, 11) is 0. The fourth-order valence-electron chi connectivity index (χ4n) is 2.94. The van der Waals surface area contributed by atoms with Crippen molar-refractivity contribution in [2.75, 3.05) is 13.1 Å². The van der Waals surface area contributed by atoms with E-state index in [1.807, 2.05) is 35.2 Å². The Bertz CT molecular complexity index is 557. The Morgan fingerprint density at radius 2 is 2.00 bits per heavy atom. The molecule has 1 fully saturated rings. The minimum Gasteiger partial charge on any atom is -0.341 e. The number of amides is 2. The van der Waals surface area contributed by atoms with E-state index in [1.165, 1.54) is 0 Å². The summed E-state index contributed by atoms with van der Waals surface area (Å²) in [6.45, 7) is 7.19. The number of likely N-dealkylation sites (tertiary alicyclic amines) is 1. The van der Waals surface area contributed by atoms with Crippen LogP contribution in [0.3, 0.4) is 0 Å². The van der Waals surface area contributed by atoms with Gasteiger partial charge in [-0.3, -0.25) is 9.59 Å². The van der Waals surface area contributed by atoms with E-state index in [0.717, 1.165) is 12.0 Å². The van der Waals surface area contributed by atoms with Gasteiger partial charge in [0.15, 0.2) is 0 Å². The molecule has 1 aromatic rings. The predicted octanol–water partition coefficient (Wildman–Crippen LogP) is 1.84. The Balaban J connectivity index is 2.21. The van der Waals surface area contributed by atoms with E-state index < -0.39 is 6.04 Å². The van der Waals surface area contributed by atoms with Crippen molar-refractivity contribution in [3.63, 3.8) is 0 Å². The maximum Gasteiger partial charge on any atom is 0.249 e. The molecular formula is C18H27N3O2. The number of piperidine rings is 1. The van der Waals surface area contributed by atoms with Crippen LogP contribution in [0.15, 0.2) is 30.3 Å². The van der Waals surface area contributed by atoms with Gasteiger partial charge in [0, 0.05) is 25.6 Å². The summed E-state index contributed by atoms with van der Waals surface area (Å²) in [5.41, 5.74) is 6.85. The highest BCUT2D eigenvalue weighted by Gasteiger charge is 2.37. The lowest BCUT2D eigenvalue weighted by Gasteiger charge is -2.43. The standard InChI is InChI=1S/C18H27N3O2/c1-4-15(22)20-16(13-8-6-5-7-9-13)17(23)21-11-10-14(19)18(2,3)12-21/h5-9,14,16H,4,10-12,19H2,1-3H3,(H,20,22). The Kier molecular flexibility index (Phi) is 5.42. The lowest BCUT2D eigenvalue weighted by Crippen LogP contribution is -2.56. The van der Waals surface area contributed by atoms with Gasteiger partial charge in [0.1, 0.15) is 6.04 Å². The van der Waals surface area contributed by atoms with Gasteiger partial charge < -0.3 is 16.0 Å². The van der Waals surface area contributed by atoms with Crippen LogP contribution in [-0.2, 0) is 9.59 Å². The van der Waals surface area contributed by atoms with E-state index in [4.69, 9.17) is 5.73 Å². The Hall–Kier alpha value is -1.88. The minimum atomic E-state index is -0.631. The highest BCUT2D eigenvalue weighted by atomic mass is 16.2. The molecule has 23 heavy (non-hydrogen) atoms. The van der Waals surface area contributed by atoms with Crippen molar-refractivity contribution < 1.29 is 9.59 Å². The summed E-state index contributed by atoms with van der Waals surface area (Å²) < 4.78 is 0. The molecule has 1 heterocycles. The molecule has 3 N–H and O–H groups in total. The maximum atomic E-state index is 13.0. The van der Waals surface area contributed by atoms with Gasteiger partial charge in [-0.1, -0.05) is 51.1 Å². The molecule has 1 saturated heterocycles. The van der Waals surface area contributed by atoms with Gasteiger partial charge >= 0.3 is 0 Å². The first-order chi connectivity index (χ1) is 10.8. The average Bonchev–Trinajstić information content (AvgIpc) is 2.55. The first kappa shape index (κ1) is 17.5. The topological polar surface area (TPSA) is 75.4 Å². The molecule has 2 rings (SSSR count). The van der Waals surface area contributed by atoms with Crippen molar-refractivity contribution in [1.29, 1.82) is 0 Å². The molecule has 2 unspecified atom stereocenters. The SMILES string of the molecule is CCC(=O)NC(C(=O)N1CCC(N)C(C)(C)C1)c1ccccc1. The minimum absolute atomic E-state index is 0.0574. The Morgan fingerprint density at radius 1 is 1.35 bits per heavy atom. The van der Waals surface area contributed by atoms with E-state index in [-0.39, 0.29) is 23.3 Å². The van der Waals surface area contributed by atoms with Crippen LogP contribution < -0.4 is 11.1 Å². The summed E-state index contributed by atoms with van der Waals surface area (Å²) in [6, 6.07) is 8.86. The van der Waals surface area contributed by atoms with Crippen molar-refractivity contribution in [3.8, 4) is 0 Å². The number of nitrogens with zero attached hydrogens (tertiary/aromatic N) is 1. The van der Waals surface area contributed by atoms with Gasteiger partial charge in [-0.2, -0.15) is 0 Å². The summed E-state index contributed by atoms with van der Waals surface area (Å²) in [5.74, 6) is -0.182. The van der Waals surface area contributed by atoms with Crippen molar-refractivity contribution in [1.82, 2.24) is 10.2 Å². The quantitative estimate of drug-likeness (QED) is 0.890. The lowest BCUT2D eigenvalue weighted by molar-refractivity contribution is -0.139. The fourth-order valence-corrected chi connectivity index (χ4v) is 2.94. The van der Waals surface area contributed by atoms with Gasteiger partial charge in [-0.05, 0) is 17.4 Å². The zero-order chi connectivity index (χ0) is 17.0. The van der Waals surface area contributed by atoms with Gasteiger partial charge in [-0.25, -0.2) is 0 Å². The van der Waals surface area contributed by atoms with Crippen LogP contribution in [-0.4, -0.2) is 35.8 Å². The molecule has 2 amide bonds. The largest absolute Gasteiger partial charge is 0.341 e. The number of carbonyl (C=O) groups excluding carboxylic acids is 2. The number of nitrogens with two attached hydrogens (primary N) is 1. The summed E-state index contributed by atoms with van der Waals surface area (Å²) in [4.78, 5) is 26.7. The predicted molar refractivity (Wildman–Crippen MR) is 90.6 cm³/mol. The van der Waals surface area contributed by atoms with Crippen molar-refractivity contribution in [2.24, 2.45) is 11.1 Å². The molecule has 0 aromatic heterocycles. The normalized spacial score (nSPS) is 21.6. The van der Waals surface area contributed by atoms with Crippen LogP contribution >= 0.6 is 0 Å². The Labute approximate surface area is 138 Å². The van der Waals surface area contributed by atoms with Crippen molar-refractivity contribution in [2.45, 2.75) is 45.7 Å². The zero-order valence-corrected chi connectivity index (χ0v) is 14.2. The zero-order valence-electron chi connectivity index (χ0n) is 14.2. The van der Waals surface area contributed by atoms with Crippen LogP contribution in [0.1, 0.15) is 45.2 Å². The van der Waals surface area contributed by atoms with Crippen molar-refractivity contribution in [3.05, 3.63) is 35.9 Å². The number of hydrogen-bond donors (Lipinski definition) is 2.